The lowest BCUT2D eigenvalue weighted by molar-refractivity contribution is 0.0691. The molecule has 0 aliphatic heterocycles. The smallest absolute Gasteiger partial charge is 0.338 e. The number of para-hydroxylation sites is 2. The summed E-state index contributed by atoms with van der Waals surface area (Å²) in [4.78, 5) is 10.6. The molecule has 28 heavy (non-hydrogen) atoms. The van der Waals surface area contributed by atoms with Gasteiger partial charge in [0.1, 0.15) is 10.7 Å². The zero-order valence-corrected chi connectivity index (χ0v) is 16.3. The number of anilines is 1. The van der Waals surface area contributed by atoms with Crippen molar-refractivity contribution in [3.8, 4) is 5.69 Å². The predicted octanol–water partition coefficient (Wildman–Crippen LogP) is 3.78. The van der Waals surface area contributed by atoms with E-state index in [1.54, 1.807) is 22.9 Å². The zero-order chi connectivity index (χ0) is 20.6. The highest BCUT2D eigenvalue weighted by atomic mass is 35.5. The fraction of sp³-hybridized carbons (Fsp3) is 0.111. The lowest BCUT2D eigenvalue weighted by atomic mass is 10.2. The van der Waals surface area contributed by atoms with E-state index < -0.39 is 37.3 Å². The first-order valence-corrected chi connectivity index (χ1v) is 9.84. The van der Waals surface area contributed by atoms with Crippen molar-refractivity contribution < 1.29 is 22.7 Å². The van der Waals surface area contributed by atoms with Crippen LogP contribution in [0.5, 0.6) is 0 Å². The molecule has 146 valence electrons. The summed E-state index contributed by atoms with van der Waals surface area (Å²) in [5, 5.41) is 13.0. The highest BCUT2D eigenvalue weighted by Crippen LogP contribution is 2.29. The summed E-state index contributed by atoms with van der Waals surface area (Å²) in [6.07, 6.45) is 0. The van der Waals surface area contributed by atoms with Crippen molar-refractivity contribution in [1.29, 1.82) is 0 Å². The van der Waals surface area contributed by atoms with Crippen molar-refractivity contribution in [3.63, 3.8) is 0 Å². The van der Waals surface area contributed by atoms with Gasteiger partial charge in [0, 0.05) is 5.69 Å². The Morgan fingerprint density at radius 3 is 2.50 bits per heavy atom. The summed E-state index contributed by atoms with van der Waals surface area (Å²) in [6.45, 7) is 3.63. The predicted molar refractivity (Wildman–Crippen MR) is 102 cm³/mol. The number of aryl methyl sites for hydroxylation is 2. The molecule has 2 N–H and O–H groups in total. The van der Waals surface area contributed by atoms with Gasteiger partial charge in [-0.15, -0.1) is 0 Å². The van der Waals surface area contributed by atoms with Crippen LogP contribution in [0.3, 0.4) is 0 Å². The van der Waals surface area contributed by atoms with E-state index in [0.717, 1.165) is 11.4 Å². The maximum atomic E-state index is 13.7. The van der Waals surface area contributed by atoms with Gasteiger partial charge in [0.15, 0.2) is 0 Å². The molecule has 0 radical (unpaired) electrons. The van der Waals surface area contributed by atoms with Gasteiger partial charge in [-0.1, -0.05) is 23.7 Å². The Hall–Kier alpha value is -2.91. The number of carbonyl (C=O) groups is 1. The standard InChI is InChI=1S/C18H15ClFN3O4S/c1-10-7-11(2)23(21-10)16-6-4-3-5-15(16)22-28(26,27)17-8-12(18(24)25)14(20)9-13(17)19/h3-9,22H,1-2H3,(H,24,25). The summed E-state index contributed by atoms with van der Waals surface area (Å²) in [5.41, 5.74) is 1.41. The maximum absolute atomic E-state index is 13.7. The number of hydrogen-bond donors (Lipinski definition) is 2. The fourth-order valence-corrected chi connectivity index (χ4v) is 4.33. The van der Waals surface area contributed by atoms with Gasteiger partial charge < -0.3 is 5.11 Å². The van der Waals surface area contributed by atoms with Gasteiger partial charge in [-0.3, -0.25) is 4.72 Å². The summed E-state index contributed by atoms with van der Waals surface area (Å²) in [6, 6.07) is 9.73. The van der Waals surface area contributed by atoms with Crippen molar-refractivity contribution in [2.45, 2.75) is 18.7 Å². The Morgan fingerprint density at radius 2 is 1.89 bits per heavy atom. The SMILES string of the molecule is Cc1cc(C)n(-c2ccccc2NS(=O)(=O)c2cc(C(=O)O)c(F)cc2Cl)n1. The van der Waals surface area contributed by atoms with Crippen LogP contribution < -0.4 is 4.72 Å². The van der Waals surface area contributed by atoms with Crippen LogP contribution in [0.4, 0.5) is 10.1 Å². The van der Waals surface area contributed by atoms with Crippen LogP contribution in [0.25, 0.3) is 5.69 Å². The number of rotatable bonds is 5. The van der Waals surface area contributed by atoms with Crippen molar-refractivity contribution in [2.75, 3.05) is 4.72 Å². The number of sulfonamides is 1. The van der Waals surface area contributed by atoms with Crippen LogP contribution in [0.15, 0.2) is 47.4 Å². The van der Waals surface area contributed by atoms with Gasteiger partial charge in [-0.05, 0) is 44.2 Å². The Balaban J connectivity index is 2.09. The number of carboxylic acid groups (broad SMARTS) is 1. The number of hydrogen-bond acceptors (Lipinski definition) is 4. The molecule has 10 heteroatoms. The van der Waals surface area contributed by atoms with E-state index in [-0.39, 0.29) is 5.69 Å². The molecule has 3 rings (SSSR count). The van der Waals surface area contributed by atoms with Gasteiger partial charge in [-0.25, -0.2) is 22.3 Å². The van der Waals surface area contributed by atoms with Crippen LogP contribution in [-0.4, -0.2) is 29.3 Å². The highest BCUT2D eigenvalue weighted by Gasteiger charge is 2.24. The van der Waals surface area contributed by atoms with E-state index in [1.807, 2.05) is 19.9 Å². The van der Waals surface area contributed by atoms with Gasteiger partial charge in [0.2, 0.25) is 0 Å². The average molecular weight is 424 g/mol. The Kier molecular flexibility index (Phi) is 5.14. The third kappa shape index (κ3) is 3.71. The molecule has 0 unspecified atom stereocenters. The van der Waals surface area contributed by atoms with E-state index in [2.05, 4.69) is 9.82 Å². The first kappa shape index (κ1) is 19.8. The summed E-state index contributed by atoms with van der Waals surface area (Å²) >= 11 is 5.87. The van der Waals surface area contributed by atoms with Crippen LogP contribution in [0.2, 0.25) is 5.02 Å². The van der Waals surface area contributed by atoms with E-state index in [9.17, 15) is 17.6 Å². The molecule has 0 amide bonds. The lowest BCUT2D eigenvalue weighted by Crippen LogP contribution is -2.17. The molecule has 0 saturated heterocycles. The third-order valence-corrected chi connectivity index (χ3v) is 5.76. The molecule has 3 aromatic rings. The lowest BCUT2D eigenvalue weighted by Gasteiger charge is -2.15. The monoisotopic (exact) mass is 423 g/mol. The topological polar surface area (TPSA) is 101 Å². The van der Waals surface area contributed by atoms with Crippen molar-refractivity contribution in [2.24, 2.45) is 0 Å². The molecule has 0 aliphatic carbocycles. The maximum Gasteiger partial charge on any atom is 0.338 e. The minimum Gasteiger partial charge on any atom is -0.478 e. The van der Waals surface area contributed by atoms with Crippen molar-refractivity contribution >= 4 is 33.3 Å². The molecule has 0 aliphatic rings. The largest absolute Gasteiger partial charge is 0.478 e. The summed E-state index contributed by atoms with van der Waals surface area (Å²) < 4.78 is 43.4. The average Bonchev–Trinajstić information content (AvgIpc) is 2.92. The summed E-state index contributed by atoms with van der Waals surface area (Å²) in [7, 11) is -4.31. The van der Waals surface area contributed by atoms with Crippen molar-refractivity contribution in [1.82, 2.24) is 9.78 Å². The van der Waals surface area contributed by atoms with E-state index in [4.69, 9.17) is 16.7 Å². The second kappa shape index (κ2) is 7.25. The molecule has 0 saturated carbocycles. The third-order valence-electron chi connectivity index (χ3n) is 3.93. The minimum atomic E-state index is -4.31. The van der Waals surface area contributed by atoms with Crippen LogP contribution >= 0.6 is 11.6 Å². The molecular weight excluding hydrogens is 409 g/mol. The Bertz CT molecular complexity index is 1190. The number of aromatic nitrogens is 2. The number of aromatic carboxylic acids is 1. The molecule has 0 fully saturated rings. The molecular formula is C18H15ClFN3O4S. The van der Waals surface area contributed by atoms with Crippen LogP contribution in [-0.2, 0) is 10.0 Å². The number of benzene rings is 2. The van der Waals surface area contributed by atoms with E-state index in [0.29, 0.717) is 17.8 Å². The number of nitrogens with one attached hydrogen (secondary N) is 1. The molecule has 0 atom stereocenters. The quantitative estimate of drug-likeness (QED) is 0.650. The van der Waals surface area contributed by atoms with Gasteiger partial charge in [0.25, 0.3) is 10.0 Å². The molecule has 1 heterocycles. The summed E-state index contributed by atoms with van der Waals surface area (Å²) in [5.74, 6) is -2.73. The molecule has 7 nitrogen and oxygen atoms in total. The highest BCUT2D eigenvalue weighted by molar-refractivity contribution is 7.92. The van der Waals surface area contributed by atoms with E-state index >= 15 is 0 Å². The van der Waals surface area contributed by atoms with Crippen LogP contribution in [0.1, 0.15) is 21.7 Å². The molecule has 0 spiro atoms. The zero-order valence-electron chi connectivity index (χ0n) is 14.8. The second-order valence-electron chi connectivity index (χ2n) is 6.03. The molecule has 2 aromatic carbocycles. The van der Waals surface area contributed by atoms with Gasteiger partial charge >= 0.3 is 5.97 Å². The van der Waals surface area contributed by atoms with Crippen LogP contribution in [0, 0.1) is 19.7 Å². The Labute approximate surface area is 165 Å². The number of nitrogens with zero attached hydrogens (tertiary/aromatic N) is 2. The fourth-order valence-electron chi connectivity index (χ4n) is 2.72. The van der Waals surface area contributed by atoms with Gasteiger partial charge in [-0.2, -0.15) is 5.10 Å². The second-order valence-corrected chi connectivity index (χ2v) is 8.09. The molecule has 0 bridgehead atoms. The Morgan fingerprint density at radius 1 is 1.21 bits per heavy atom. The minimum absolute atomic E-state index is 0.200. The molecule has 1 aromatic heterocycles. The first-order valence-electron chi connectivity index (χ1n) is 7.98. The van der Waals surface area contributed by atoms with Crippen molar-refractivity contribution in [3.05, 3.63) is 70.3 Å². The van der Waals surface area contributed by atoms with E-state index in [1.165, 1.54) is 6.07 Å². The van der Waals surface area contributed by atoms with Gasteiger partial charge in [0.05, 0.1) is 27.7 Å². The number of carboxylic acids is 1. The first-order chi connectivity index (χ1) is 13.1. The normalized spacial score (nSPS) is 11.4. The number of halogens is 2.